The molecule has 20 heavy (non-hydrogen) atoms. The van der Waals surface area contributed by atoms with Gasteiger partial charge in [-0.2, -0.15) is 0 Å². The third kappa shape index (κ3) is 3.41. The fourth-order valence-electron chi connectivity index (χ4n) is 1.71. The summed E-state index contributed by atoms with van der Waals surface area (Å²) in [7, 11) is 0. The van der Waals surface area contributed by atoms with Crippen molar-refractivity contribution in [3.8, 4) is 16.9 Å². The second kappa shape index (κ2) is 6.80. The Morgan fingerprint density at radius 3 is 2.25 bits per heavy atom. The normalized spacial score (nSPS) is 9.65. The molecule has 0 spiro atoms. The van der Waals surface area contributed by atoms with Crippen molar-refractivity contribution < 1.29 is 18.7 Å². The summed E-state index contributed by atoms with van der Waals surface area (Å²) in [5.41, 5.74) is 0.700. The molecule has 0 heterocycles. The van der Waals surface area contributed by atoms with Crippen molar-refractivity contribution in [1.82, 2.24) is 0 Å². The zero-order valence-corrected chi connectivity index (χ0v) is 11.6. The van der Waals surface area contributed by atoms with Crippen LogP contribution in [0.5, 0.6) is 5.75 Å². The van der Waals surface area contributed by atoms with Crippen LogP contribution in [0.2, 0.25) is 0 Å². The topological polar surface area (TPSA) is 37.3 Å². The number of hydrogen-bond donors (Lipinski definition) is 1. The summed E-state index contributed by atoms with van der Waals surface area (Å²) in [6.45, 7) is 5.31. The monoisotopic (exact) mass is 278 g/mol. The Bertz CT molecular complexity index is 622. The molecule has 0 fully saturated rings. The van der Waals surface area contributed by atoms with Crippen LogP contribution < -0.4 is 0 Å². The molecule has 2 aromatic carbocycles. The molecule has 4 heteroatoms. The van der Waals surface area contributed by atoms with Crippen LogP contribution in [0.4, 0.5) is 8.78 Å². The smallest absolute Gasteiger partial charge is 0.163 e. The zero-order valence-electron chi connectivity index (χ0n) is 11.6. The van der Waals surface area contributed by atoms with Gasteiger partial charge < -0.3 is 5.11 Å². The number of Topliss-reactive ketones (excluding diaryl/α,β-unsaturated/α-hetero) is 1. The summed E-state index contributed by atoms with van der Waals surface area (Å²) >= 11 is 0. The zero-order chi connectivity index (χ0) is 15.3. The number of hydrogen-bond acceptors (Lipinski definition) is 2. The Kier molecular flexibility index (Phi) is 5.38. The van der Waals surface area contributed by atoms with Crippen molar-refractivity contribution >= 4 is 5.78 Å². The molecule has 2 nitrogen and oxygen atoms in total. The number of benzene rings is 2. The first kappa shape index (κ1) is 15.8. The molecule has 0 saturated carbocycles. The van der Waals surface area contributed by atoms with Crippen molar-refractivity contribution in [2.24, 2.45) is 0 Å². The Balaban J connectivity index is 0.000000956. The standard InChI is InChI=1S/C14H10F2O2.C2H6/c1-8(17)12-6-9(2-5-14(12)18)11-4-3-10(15)7-13(11)16;1-2/h2-7,18H,1H3;1-2H3. The summed E-state index contributed by atoms with van der Waals surface area (Å²) < 4.78 is 26.4. The average molecular weight is 278 g/mol. The van der Waals surface area contributed by atoms with Crippen LogP contribution >= 0.6 is 0 Å². The van der Waals surface area contributed by atoms with Gasteiger partial charge in [-0.15, -0.1) is 0 Å². The number of halogens is 2. The summed E-state index contributed by atoms with van der Waals surface area (Å²) in [5.74, 6) is -1.86. The van der Waals surface area contributed by atoms with E-state index in [-0.39, 0.29) is 22.7 Å². The highest BCUT2D eigenvalue weighted by molar-refractivity contribution is 5.98. The van der Waals surface area contributed by atoms with Gasteiger partial charge in [0.2, 0.25) is 0 Å². The van der Waals surface area contributed by atoms with E-state index < -0.39 is 11.6 Å². The second-order valence-corrected chi connectivity index (χ2v) is 3.91. The molecule has 2 rings (SSSR count). The van der Waals surface area contributed by atoms with Crippen molar-refractivity contribution in [2.75, 3.05) is 0 Å². The molecular formula is C16H16F2O2. The first-order valence-corrected chi connectivity index (χ1v) is 6.28. The molecule has 1 N–H and O–H groups in total. The van der Waals surface area contributed by atoms with Crippen molar-refractivity contribution in [3.05, 3.63) is 53.6 Å². The molecule has 0 aromatic heterocycles. The van der Waals surface area contributed by atoms with Gasteiger partial charge in [-0.1, -0.05) is 19.9 Å². The van der Waals surface area contributed by atoms with E-state index in [1.54, 1.807) is 0 Å². The van der Waals surface area contributed by atoms with Crippen LogP contribution in [0.15, 0.2) is 36.4 Å². The highest BCUT2D eigenvalue weighted by Gasteiger charge is 2.11. The third-order valence-electron chi connectivity index (χ3n) is 2.62. The van der Waals surface area contributed by atoms with Crippen LogP contribution in [0.3, 0.4) is 0 Å². The summed E-state index contributed by atoms with van der Waals surface area (Å²) in [6.07, 6.45) is 0. The van der Waals surface area contributed by atoms with Gasteiger partial charge in [0.05, 0.1) is 5.56 Å². The maximum absolute atomic E-state index is 13.6. The third-order valence-corrected chi connectivity index (χ3v) is 2.62. The molecule has 0 aliphatic carbocycles. The lowest BCUT2D eigenvalue weighted by atomic mass is 10.0. The minimum atomic E-state index is -0.713. The Hall–Kier alpha value is -2.23. The molecular weight excluding hydrogens is 262 g/mol. The van der Waals surface area contributed by atoms with Crippen LogP contribution in [0.1, 0.15) is 31.1 Å². The average Bonchev–Trinajstić information content (AvgIpc) is 2.42. The van der Waals surface area contributed by atoms with Crippen LogP contribution in [-0.4, -0.2) is 10.9 Å². The lowest BCUT2D eigenvalue weighted by Crippen LogP contribution is -1.94. The van der Waals surface area contributed by atoms with Gasteiger partial charge in [-0.25, -0.2) is 8.78 Å². The molecule has 0 amide bonds. The van der Waals surface area contributed by atoms with E-state index in [2.05, 4.69) is 0 Å². The molecule has 0 bridgehead atoms. The first-order chi connectivity index (χ1) is 9.49. The highest BCUT2D eigenvalue weighted by Crippen LogP contribution is 2.28. The number of carbonyl (C=O) groups is 1. The Morgan fingerprint density at radius 2 is 1.70 bits per heavy atom. The molecule has 0 radical (unpaired) electrons. The van der Waals surface area contributed by atoms with Crippen molar-refractivity contribution in [3.63, 3.8) is 0 Å². The lowest BCUT2D eigenvalue weighted by molar-refractivity contribution is 0.101. The van der Waals surface area contributed by atoms with Gasteiger partial charge >= 0.3 is 0 Å². The molecule has 2 aromatic rings. The van der Waals surface area contributed by atoms with Crippen molar-refractivity contribution in [2.45, 2.75) is 20.8 Å². The van der Waals surface area contributed by atoms with Gasteiger partial charge in [-0.3, -0.25) is 4.79 Å². The van der Waals surface area contributed by atoms with Crippen LogP contribution in [0, 0.1) is 11.6 Å². The highest BCUT2D eigenvalue weighted by atomic mass is 19.1. The number of rotatable bonds is 2. The van der Waals surface area contributed by atoms with Gasteiger partial charge in [0.25, 0.3) is 0 Å². The minimum Gasteiger partial charge on any atom is -0.507 e. The Labute approximate surface area is 116 Å². The van der Waals surface area contributed by atoms with Crippen LogP contribution in [0.25, 0.3) is 11.1 Å². The lowest BCUT2D eigenvalue weighted by Gasteiger charge is -2.07. The maximum Gasteiger partial charge on any atom is 0.163 e. The van der Waals surface area contributed by atoms with Crippen LogP contribution in [-0.2, 0) is 0 Å². The van der Waals surface area contributed by atoms with Gasteiger partial charge in [0.1, 0.15) is 17.4 Å². The molecule has 0 aliphatic rings. The first-order valence-electron chi connectivity index (χ1n) is 6.28. The molecule has 106 valence electrons. The summed E-state index contributed by atoms with van der Waals surface area (Å²) in [5, 5.41) is 9.49. The van der Waals surface area contributed by atoms with E-state index >= 15 is 0 Å². The fourth-order valence-corrected chi connectivity index (χ4v) is 1.71. The van der Waals surface area contributed by atoms with E-state index in [1.165, 1.54) is 31.2 Å². The summed E-state index contributed by atoms with van der Waals surface area (Å²) in [4.78, 5) is 11.3. The van der Waals surface area contributed by atoms with Crippen molar-refractivity contribution in [1.29, 1.82) is 0 Å². The second-order valence-electron chi connectivity index (χ2n) is 3.91. The number of phenols is 1. The maximum atomic E-state index is 13.6. The number of carbonyl (C=O) groups excluding carboxylic acids is 1. The predicted molar refractivity (Wildman–Crippen MR) is 74.8 cm³/mol. The predicted octanol–water partition coefficient (Wildman–Crippen LogP) is 4.57. The largest absolute Gasteiger partial charge is 0.507 e. The van der Waals surface area contributed by atoms with E-state index in [0.717, 1.165) is 12.1 Å². The molecule has 0 aliphatic heterocycles. The number of aromatic hydroxyl groups is 1. The van der Waals surface area contributed by atoms with E-state index in [1.807, 2.05) is 13.8 Å². The van der Waals surface area contributed by atoms with Gasteiger partial charge in [0.15, 0.2) is 5.78 Å². The van der Waals surface area contributed by atoms with Gasteiger partial charge in [-0.05, 0) is 36.8 Å². The molecule has 0 saturated heterocycles. The number of ketones is 1. The number of phenolic OH excluding ortho intramolecular Hbond substituents is 1. The van der Waals surface area contributed by atoms with E-state index in [0.29, 0.717) is 5.56 Å². The Morgan fingerprint density at radius 1 is 1.05 bits per heavy atom. The molecule has 0 atom stereocenters. The fraction of sp³-hybridized carbons (Fsp3) is 0.188. The minimum absolute atomic E-state index is 0.108. The quantitative estimate of drug-likeness (QED) is 0.817. The van der Waals surface area contributed by atoms with Gasteiger partial charge in [0, 0.05) is 11.6 Å². The SMILES string of the molecule is CC.CC(=O)c1cc(-c2ccc(F)cc2F)ccc1O. The van der Waals surface area contributed by atoms with E-state index in [4.69, 9.17) is 0 Å². The van der Waals surface area contributed by atoms with E-state index in [9.17, 15) is 18.7 Å². The summed E-state index contributed by atoms with van der Waals surface area (Å²) in [6, 6.07) is 7.37. The molecule has 0 unspecified atom stereocenters.